The van der Waals surface area contributed by atoms with Gasteiger partial charge in [0.15, 0.2) is 5.82 Å². The molecule has 0 fully saturated rings. The van der Waals surface area contributed by atoms with Gasteiger partial charge >= 0.3 is 0 Å². The lowest BCUT2D eigenvalue weighted by atomic mass is 10.4. The Morgan fingerprint density at radius 1 is 1.63 bits per heavy atom. The Labute approximate surface area is 121 Å². The van der Waals surface area contributed by atoms with E-state index in [1.807, 2.05) is 0 Å². The van der Waals surface area contributed by atoms with Gasteiger partial charge in [-0.2, -0.15) is 5.21 Å². The van der Waals surface area contributed by atoms with Crippen molar-refractivity contribution in [2.24, 2.45) is 0 Å². The average Bonchev–Trinajstić information content (AvgIpc) is 2.96. The Hall–Kier alpha value is -0.880. The maximum absolute atomic E-state index is 12.2. The highest BCUT2D eigenvalue weighted by molar-refractivity contribution is 9.11. The number of aliphatic hydroxyl groups excluding tert-OH is 1. The van der Waals surface area contributed by atoms with Crippen molar-refractivity contribution in [1.29, 1.82) is 0 Å². The molecule has 11 heteroatoms. The Kier molecular flexibility index (Phi) is 4.30. The summed E-state index contributed by atoms with van der Waals surface area (Å²) < 4.78 is 27.2. The number of aromatic nitrogens is 4. The molecular weight excluding hydrogens is 358 g/mol. The number of sulfonamides is 1. The van der Waals surface area contributed by atoms with E-state index in [0.29, 0.717) is 8.66 Å². The number of rotatable bonds is 5. The number of aromatic amines is 1. The van der Waals surface area contributed by atoms with Crippen LogP contribution >= 0.6 is 27.3 Å². The van der Waals surface area contributed by atoms with Gasteiger partial charge in [-0.1, -0.05) is 5.21 Å². The zero-order chi connectivity index (χ0) is 14.0. The number of aliphatic hydroxyl groups is 1. The van der Waals surface area contributed by atoms with Crippen LogP contribution in [0.2, 0.25) is 0 Å². The molecule has 0 saturated carbocycles. The minimum absolute atomic E-state index is 0.0805. The van der Waals surface area contributed by atoms with Crippen LogP contribution in [0.4, 0.5) is 0 Å². The third-order valence-corrected chi connectivity index (χ3v) is 6.01. The molecule has 0 bridgehead atoms. The molecule has 0 aliphatic carbocycles. The van der Waals surface area contributed by atoms with Crippen LogP contribution in [0, 0.1) is 0 Å². The van der Waals surface area contributed by atoms with Crippen LogP contribution in [0.5, 0.6) is 0 Å². The predicted molar refractivity (Wildman–Crippen MR) is 70.9 cm³/mol. The minimum atomic E-state index is -3.72. The zero-order valence-electron chi connectivity index (χ0n) is 9.66. The summed E-state index contributed by atoms with van der Waals surface area (Å²) in [6.07, 6.45) is 0. The van der Waals surface area contributed by atoms with E-state index in [1.165, 1.54) is 6.07 Å². The molecule has 0 saturated heterocycles. The largest absolute Gasteiger partial charge is 0.391 e. The van der Waals surface area contributed by atoms with Gasteiger partial charge in [-0.3, -0.25) is 0 Å². The second kappa shape index (κ2) is 5.63. The predicted octanol–water partition coefficient (Wildman–Crippen LogP) is 0.555. The summed E-state index contributed by atoms with van der Waals surface area (Å²) in [5, 5.41) is 22.1. The number of nitrogens with zero attached hydrogens (tertiary/aromatic N) is 3. The highest BCUT2D eigenvalue weighted by Gasteiger charge is 2.24. The molecule has 1 unspecified atom stereocenters. The van der Waals surface area contributed by atoms with Crippen LogP contribution in [0.15, 0.2) is 14.7 Å². The second-order valence-corrected chi connectivity index (χ2v) is 7.76. The topological polar surface area (TPSA) is 121 Å². The first-order valence-corrected chi connectivity index (χ1v) is 8.18. The fourth-order valence-electron chi connectivity index (χ4n) is 1.36. The molecule has 1 atom stereocenters. The van der Waals surface area contributed by atoms with Crippen molar-refractivity contribution < 1.29 is 13.5 Å². The van der Waals surface area contributed by atoms with Gasteiger partial charge in [-0.25, -0.2) is 13.1 Å². The van der Waals surface area contributed by atoms with Gasteiger partial charge in [-0.05, 0) is 28.9 Å². The summed E-state index contributed by atoms with van der Waals surface area (Å²) in [6, 6.07) is 0.799. The van der Waals surface area contributed by atoms with E-state index in [9.17, 15) is 8.42 Å². The lowest BCUT2D eigenvalue weighted by Crippen LogP contribution is -2.27. The van der Waals surface area contributed by atoms with Gasteiger partial charge in [0.25, 0.3) is 0 Å². The molecule has 2 aromatic rings. The third kappa shape index (κ3) is 3.17. The van der Waals surface area contributed by atoms with Crippen LogP contribution in [0.1, 0.15) is 23.7 Å². The van der Waals surface area contributed by atoms with Gasteiger partial charge in [0.2, 0.25) is 10.0 Å². The summed E-state index contributed by atoms with van der Waals surface area (Å²) in [6.45, 7) is 1.40. The third-order valence-electron chi connectivity index (χ3n) is 2.23. The number of nitrogens with one attached hydrogen (secondary N) is 2. The summed E-state index contributed by atoms with van der Waals surface area (Å²) in [7, 11) is -3.72. The van der Waals surface area contributed by atoms with Crippen molar-refractivity contribution in [2.45, 2.75) is 24.5 Å². The Morgan fingerprint density at radius 3 is 2.89 bits per heavy atom. The normalized spacial score (nSPS) is 13.6. The molecule has 2 rings (SSSR count). The molecule has 0 radical (unpaired) electrons. The highest BCUT2D eigenvalue weighted by Crippen LogP contribution is 2.32. The fraction of sp³-hybridized carbons (Fsp3) is 0.375. The molecule has 2 heterocycles. The van der Waals surface area contributed by atoms with Gasteiger partial charge < -0.3 is 5.11 Å². The number of tetrazole rings is 1. The maximum Gasteiger partial charge on any atom is 0.243 e. The number of hydrogen-bond donors (Lipinski definition) is 3. The fourth-order valence-corrected chi connectivity index (χ4v) is 5.10. The standard InChI is InChI=1S/C8H10BrN5O3S2/c1-4(8-10-13-14-11-8)12-19(16,17)6-2-5(3-15)18-7(6)9/h2,4,12,15H,3H2,1H3,(H,10,11,13,14). The summed E-state index contributed by atoms with van der Waals surface area (Å²) >= 11 is 4.33. The first-order chi connectivity index (χ1) is 8.94. The molecular formula is C8H10BrN5O3S2. The van der Waals surface area contributed by atoms with Crippen LogP contribution in [0.3, 0.4) is 0 Å². The van der Waals surface area contributed by atoms with E-state index in [4.69, 9.17) is 5.11 Å². The number of thiophene rings is 1. The smallest absolute Gasteiger partial charge is 0.243 e. The van der Waals surface area contributed by atoms with E-state index >= 15 is 0 Å². The van der Waals surface area contributed by atoms with Crippen LogP contribution in [0.25, 0.3) is 0 Å². The van der Waals surface area contributed by atoms with Crippen molar-refractivity contribution in [3.05, 3.63) is 20.6 Å². The van der Waals surface area contributed by atoms with Crippen molar-refractivity contribution >= 4 is 37.3 Å². The highest BCUT2D eigenvalue weighted by atomic mass is 79.9. The van der Waals surface area contributed by atoms with Crippen molar-refractivity contribution in [2.75, 3.05) is 0 Å². The Bertz CT molecular complexity index is 654. The molecule has 3 N–H and O–H groups in total. The second-order valence-electron chi connectivity index (χ2n) is 3.62. The van der Waals surface area contributed by atoms with Crippen molar-refractivity contribution in [3.8, 4) is 0 Å². The van der Waals surface area contributed by atoms with E-state index in [1.54, 1.807) is 6.92 Å². The lowest BCUT2D eigenvalue weighted by Gasteiger charge is -2.09. The Morgan fingerprint density at radius 2 is 2.37 bits per heavy atom. The van der Waals surface area contributed by atoms with Crippen LogP contribution in [-0.2, 0) is 16.6 Å². The SMILES string of the molecule is CC(NS(=O)(=O)c1cc(CO)sc1Br)c1nn[nH]n1. The molecule has 0 aliphatic heterocycles. The first kappa shape index (κ1) is 14.5. The molecule has 2 aromatic heterocycles. The number of hydrogen-bond acceptors (Lipinski definition) is 7. The van der Waals surface area contributed by atoms with Gasteiger partial charge in [-0.15, -0.1) is 21.5 Å². The van der Waals surface area contributed by atoms with E-state index in [2.05, 4.69) is 41.3 Å². The molecule has 19 heavy (non-hydrogen) atoms. The average molecular weight is 368 g/mol. The van der Waals surface area contributed by atoms with E-state index in [-0.39, 0.29) is 17.3 Å². The molecule has 0 spiro atoms. The molecule has 0 aliphatic rings. The molecule has 8 nitrogen and oxygen atoms in total. The maximum atomic E-state index is 12.2. The van der Waals surface area contributed by atoms with Crippen LogP contribution < -0.4 is 4.72 Å². The molecule has 0 aromatic carbocycles. The lowest BCUT2D eigenvalue weighted by molar-refractivity contribution is 0.285. The first-order valence-electron chi connectivity index (χ1n) is 5.09. The Balaban J connectivity index is 2.25. The summed E-state index contributed by atoms with van der Waals surface area (Å²) in [5.41, 5.74) is 0. The number of halogens is 1. The molecule has 104 valence electrons. The van der Waals surface area contributed by atoms with Crippen molar-refractivity contribution in [1.82, 2.24) is 25.3 Å². The monoisotopic (exact) mass is 367 g/mol. The van der Waals surface area contributed by atoms with Gasteiger partial charge in [0.05, 0.1) is 16.4 Å². The minimum Gasteiger partial charge on any atom is -0.391 e. The van der Waals surface area contributed by atoms with Crippen molar-refractivity contribution in [3.63, 3.8) is 0 Å². The van der Waals surface area contributed by atoms with Gasteiger partial charge in [0, 0.05) is 4.88 Å². The summed E-state index contributed by atoms with van der Waals surface area (Å²) in [5.74, 6) is 0.248. The zero-order valence-corrected chi connectivity index (χ0v) is 12.9. The van der Waals surface area contributed by atoms with Gasteiger partial charge in [0.1, 0.15) is 4.90 Å². The molecule has 0 amide bonds. The quantitative estimate of drug-likeness (QED) is 0.709. The summed E-state index contributed by atoms with van der Waals surface area (Å²) in [4.78, 5) is 0.636. The van der Waals surface area contributed by atoms with E-state index in [0.717, 1.165) is 11.3 Å². The van der Waals surface area contributed by atoms with E-state index < -0.39 is 16.1 Å². The number of H-pyrrole nitrogens is 1. The van der Waals surface area contributed by atoms with Crippen LogP contribution in [-0.4, -0.2) is 34.1 Å².